The van der Waals surface area contributed by atoms with Crippen LogP contribution in [0, 0.1) is 11.8 Å². The Labute approximate surface area is 96.8 Å². The number of nitrogens with zero attached hydrogens (tertiary/aromatic N) is 1. The zero-order valence-corrected chi connectivity index (χ0v) is 9.01. The molecule has 2 aliphatic heterocycles. The number of rotatable bonds is 3. The van der Waals surface area contributed by atoms with Gasteiger partial charge in [-0.05, 0) is 0 Å². The van der Waals surface area contributed by atoms with Gasteiger partial charge < -0.3 is 10.0 Å². The molecule has 0 aliphatic carbocycles. The van der Waals surface area contributed by atoms with Crippen molar-refractivity contribution in [3.05, 3.63) is 0 Å². The summed E-state index contributed by atoms with van der Waals surface area (Å²) in [5.41, 5.74) is 0. The van der Waals surface area contributed by atoms with Crippen LogP contribution in [0.3, 0.4) is 0 Å². The van der Waals surface area contributed by atoms with Crippen LogP contribution in [0.15, 0.2) is 0 Å². The SMILES string of the molecule is O=C(O)CCC(=O)N1C[C@H]2C(=O)NC(=O)[C@@H]2C1. The van der Waals surface area contributed by atoms with E-state index in [1.807, 2.05) is 0 Å². The van der Waals surface area contributed by atoms with Crippen LogP contribution in [-0.2, 0) is 19.2 Å². The summed E-state index contributed by atoms with van der Waals surface area (Å²) in [6.07, 6.45) is -0.324. The molecule has 2 atom stereocenters. The Morgan fingerprint density at radius 2 is 1.71 bits per heavy atom. The fourth-order valence-corrected chi connectivity index (χ4v) is 2.22. The summed E-state index contributed by atoms with van der Waals surface area (Å²) in [5, 5.41) is 10.7. The number of hydrogen-bond donors (Lipinski definition) is 2. The summed E-state index contributed by atoms with van der Waals surface area (Å²) >= 11 is 0. The minimum atomic E-state index is -1.04. The number of nitrogens with one attached hydrogen (secondary N) is 1. The van der Waals surface area contributed by atoms with Crippen LogP contribution in [0.5, 0.6) is 0 Å². The van der Waals surface area contributed by atoms with Gasteiger partial charge in [-0.25, -0.2) is 0 Å². The first-order valence-corrected chi connectivity index (χ1v) is 5.33. The Balaban J connectivity index is 1.94. The highest BCUT2D eigenvalue weighted by Crippen LogP contribution is 2.28. The van der Waals surface area contributed by atoms with Gasteiger partial charge in [-0.15, -0.1) is 0 Å². The van der Waals surface area contributed by atoms with E-state index in [-0.39, 0.29) is 43.7 Å². The van der Waals surface area contributed by atoms with Crippen LogP contribution in [0.25, 0.3) is 0 Å². The monoisotopic (exact) mass is 240 g/mol. The Bertz CT molecular complexity index is 384. The molecule has 2 rings (SSSR count). The second-order valence-electron chi connectivity index (χ2n) is 4.26. The number of fused-ring (bicyclic) bond motifs is 1. The average Bonchev–Trinajstić information content (AvgIpc) is 2.79. The van der Waals surface area contributed by atoms with Gasteiger partial charge in [0.15, 0.2) is 0 Å². The van der Waals surface area contributed by atoms with Crippen LogP contribution in [-0.4, -0.2) is 46.8 Å². The van der Waals surface area contributed by atoms with E-state index < -0.39 is 17.8 Å². The van der Waals surface area contributed by atoms with Crippen LogP contribution in [0.1, 0.15) is 12.8 Å². The second kappa shape index (κ2) is 4.15. The summed E-state index contributed by atoms with van der Waals surface area (Å²) in [6, 6.07) is 0. The lowest BCUT2D eigenvalue weighted by Crippen LogP contribution is -2.35. The molecule has 2 aliphatic rings. The molecule has 2 N–H and O–H groups in total. The summed E-state index contributed by atoms with van der Waals surface area (Å²) in [5.74, 6) is -2.96. The third-order valence-corrected chi connectivity index (χ3v) is 3.15. The van der Waals surface area contributed by atoms with E-state index in [1.54, 1.807) is 0 Å². The molecular weight excluding hydrogens is 228 g/mol. The maximum Gasteiger partial charge on any atom is 0.303 e. The molecule has 2 saturated heterocycles. The molecule has 7 nitrogen and oxygen atoms in total. The summed E-state index contributed by atoms with van der Waals surface area (Å²) in [7, 11) is 0. The third kappa shape index (κ3) is 2.13. The topological polar surface area (TPSA) is 104 Å². The third-order valence-electron chi connectivity index (χ3n) is 3.15. The molecule has 0 saturated carbocycles. The second-order valence-corrected chi connectivity index (χ2v) is 4.26. The number of hydrogen-bond acceptors (Lipinski definition) is 4. The van der Waals surface area contributed by atoms with Gasteiger partial charge >= 0.3 is 5.97 Å². The first kappa shape index (κ1) is 11.6. The lowest BCUT2D eigenvalue weighted by atomic mass is 10.00. The number of amides is 3. The molecular formula is C10H12N2O5. The minimum Gasteiger partial charge on any atom is -0.481 e. The maximum atomic E-state index is 11.6. The van der Waals surface area contributed by atoms with Crippen LogP contribution >= 0.6 is 0 Å². The largest absolute Gasteiger partial charge is 0.481 e. The van der Waals surface area contributed by atoms with Gasteiger partial charge in [-0.2, -0.15) is 0 Å². The molecule has 7 heteroatoms. The fraction of sp³-hybridized carbons (Fsp3) is 0.600. The van der Waals surface area contributed by atoms with Crippen molar-refractivity contribution in [2.24, 2.45) is 11.8 Å². The first-order valence-electron chi connectivity index (χ1n) is 5.33. The molecule has 2 fully saturated rings. The van der Waals surface area contributed by atoms with Crippen molar-refractivity contribution in [2.45, 2.75) is 12.8 Å². The minimum absolute atomic E-state index is 0.0927. The van der Waals surface area contributed by atoms with Crippen molar-refractivity contribution in [1.82, 2.24) is 10.2 Å². The number of carboxylic acids is 1. The molecule has 0 aromatic heterocycles. The van der Waals surface area contributed by atoms with E-state index in [0.717, 1.165) is 0 Å². The number of aliphatic carboxylic acids is 1. The number of likely N-dealkylation sites (tertiary alicyclic amines) is 1. The quantitative estimate of drug-likeness (QED) is 0.589. The molecule has 0 aromatic carbocycles. The lowest BCUT2D eigenvalue weighted by molar-refractivity contribution is -0.141. The Kier molecular flexibility index (Phi) is 2.83. The zero-order valence-electron chi connectivity index (χ0n) is 9.01. The van der Waals surface area contributed by atoms with Crippen molar-refractivity contribution < 1.29 is 24.3 Å². The van der Waals surface area contributed by atoms with Crippen molar-refractivity contribution in [3.8, 4) is 0 Å². The van der Waals surface area contributed by atoms with E-state index in [0.29, 0.717) is 0 Å². The highest BCUT2D eigenvalue weighted by atomic mass is 16.4. The molecule has 0 spiro atoms. The molecule has 2 heterocycles. The van der Waals surface area contributed by atoms with Gasteiger partial charge in [0.25, 0.3) is 0 Å². The summed E-state index contributed by atoms with van der Waals surface area (Å²) < 4.78 is 0. The van der Waals surface area contributed by atoms with E-state index in [4.69, 9.17) is 5.11 Å². The number of carbonyl (C=O) groups excluding carboxylic acids is 3. The van der Waals surface area contributed by atoms with Gasteiger partial charge in [0, 0.05) is 19.5 Å². The van der Waals surface area contributed by atoms with Gasteiger partial charge in [0.1, 0.15) is 0 Å². The Hall–Kier alpha value is -1.92. The lowest BCUT2D eigenvalue weighted by Gasteiger charge is -2.16. The van der Waals surface area contributed by atoms with Crippen LogP contribution < -0.4 is 5.32 Å². The summed E-state index contributed by atoms with van der Waals surface area (Å²) in [6.45, 7) is 0.418. The van der Waals surface area contributed by atoms with Crippen molar-refractivity contribution >= 4 is 23.7 Å². The van der Waals surface area contributed by atoms with E-state index in [2.05, 4.69) is 5.32 Å². The number of imide groups is 1. The summed E-state index contributed by atoms with van der Waals surface area (Å²) in [4.78, 5) is 46.0. The highest BCUT2D eigenvalue weighted by molar-refractivity contribution is 6.06. The number of carbonyl (C=O) groups is 4. The van der Waals surface area contributed by atoms with Gasteiger partial charge in [0.05, 0.1) is 18.3 Å². The normalized spacial score (nSPS) is 26.9. The first-order chi connectivity index (χ1) is 7.99. The average molecular weight is 240 g/mol. The van der Waals surface area contributed by atoms with Crippen LogP contribution in [0.4, 0.5) is 0 Å². The van der Waals surface area contributed by atoms with Crippen molar-refractivity contribution in [1.29, 1.82) is 0 Å². The van der Waals surface area contributed by atoms with Crippen molar-refractivity contribution in [2.75, 3.05) is 13.1 Å². The molecule has 3 amide bonds. The Morgan fingerprint density at radius 3 is 2.18 bits per heavy atom. The van der Waals surface area contributed by atoms with E-state index >= 15 is 0 Å². The standard InChI is InChI=1S/C10H12N2O5/c13-7(1-2-8(14)15)12-3-5-6(4-12)10(17)11-9(5)16/h5-6H,1-4H2,(H,14,15)(H,11,16,17)/t5-,6-/m1/s1. The van der Waals surface area contributed by atoms with Gasteiger partial charge in [-0.3, -0.25) is 24.5 Å². The Morgan fingerprint density at radius 1 is 1.18 bits per heavy atom. The van der Waals surface area contributed by atoms with E-state index in [9.17, 15) is 19.2 Å². The fourth-order valence-electron chi connectivity index (χ4n) is 2.22. The molecule has 0 aromatic rings. The van der Waals surface area contributed by atoms with Gasteiger partial charge in [0.2, 0.25) is 17.7 Å². The van der Waals surface area contributed by atoms with Crippen LogP contribution in [0.2, 0.25) is 0 Å². The van der Waals surface area contributed by atoms with Gasteiger partial charge in [-0.1, -0.05) is 0 Å². The number of carboxylic acid groups (broad SMARTS) is 1. The van der Waals surface area contributed by atoms with E-state index in [1.165, 1.54) is 4.90 Å². The molecule has 92 valence electrons. The zero-order chi connectivity index (χ0) is 12.6. The molecule has 0 unspecified atom stereocenters. The predicted octanol–water partition coefficient (Wildman–Crippen LogP) is -1.42. The molecule has 17 heavy (non-hydrogen) atoms. The predicted molar refractivity (Wildman–Crippen MR) is 53.6 cm³/mol. The highest BCUT2D eigenvalue weighted by Gasteiger charge is 2.48. The molecule has 0 bridgehead atoms. The van der Waals surface area contributed by atoms with Crippen molar-refractivity contribution in [3.63, 3.8) is 0 Å². The maximum absolute atomic E-state index is 11.6. The smallest absolute Gasteiger partial charge is 0.303 e. The molecule has 0 radical (unpaired) electrons.